The third-order valence-electron chi connectivity index (χ3n) is 5.66. The average Bonchev–Trinajstić information content (AvgIpc) is 3.25. The van der Waals surface area contributed by atoms with Gasteiger partial charge in [0, 0.05) is 0 Å². The molecule has 3 fully saturated rings. The fraction of sp³-hybridized carbons (Fsp3) is 0.941. The van der Waals surface area contributed by atoms with Crippen LogP contribution >= 0.6 is 0 Å². The van der Waals surface area contributed by atoms with Gasteiger partial charge in [0.1, 0.15) is 11.8 Å². The Morgan fingerprint density at radius 2 is 1.86 bits per heavy atom. The zero-order valence-electron chi connectivity index (χ0n) is 13.7. The molecule has 0 spiro atoms. The Morgan fingerprint density at radius 1 is 1.23 bits per heavy atom. The summed E-state index contributed by atoms with van der Waals surface area (Å²) in [5.41, 5.74) is -0.855. The van der Waals surface area contributed by atoms with E-state index in [-0.39, 0.29) is 12.1 Å². The minimum absolute atomic E-state index is 0.216. The maximum atomic E-state index is 11.8. The molecule has 0 aromatic rings. The molecule has 3 aliphatic rings. The molecule has 22 heavy (non-hydrogen) atoms. The van der Waals surface area contributed by atoms with E-state index in [0.29, 0.717) is 11.8 Å². The number of hydrogen-bond donors (Lipinski definition) is 2. The van der Waals surface area contributed by atoms with Gasteiger partial charge in [-0.2, -0.15) is 0 Å². The van der Waals surface area contributed by atoms with Crippen molar-refractivity contribution in [1.82, 2.24) is 4.90 Å². The van der Waals surface area contributed by atoms with Crippen LogP contribution in [0.4, 0.5) is 4.79 Å². The zero-order valence-corrected chi connectivity index (χ0v) is 13.7. The van der Waals surface area contributed by atoms with Crippen LogP contribution in [-0.2, 0) is 4.74 Å². The van der Waals surface area contributed by atoms with Crippen LogP contribution < -0.4 is 0 Å². The summed E-state index contributed by atoms with van der Waals surface area (Å²) in [6.07, 6.45) is 7.18. The first-order valence-electron chi connectivity index (χ1n) is 8.78. The van der Waals surface area contributed by atoms with Crippen LogP contribution in [0, 0.1) is 11.8 Å². The standard InChI is InChI=1S/C17H29NO4/c1-17(2)18(16(20)21)13(10-11-6-4-3-5-7-11)15(22-17)14(19)12-8-9-12/h11-15,19H,3-10H2,1-2H3,(H,20,21)/t13?,14-,15?/m1/s1. The smallest absolute Gasteiger partial charge is 0.409 e. The summed E-state index contributed by atoms with van der Waals surface area (Å²) in [7, 11) is 0. The van der Waals surface area contributed by atoms with Crippen LogP contribution in [0.15, 0.2) is 0 Å². The quantitative estimate of drug-likeness (QED) is 0.836. The van der Waals surface area contributed by atoms with Crippen LogP contribution in [-0.4, -0.2) is 45.2 Å². The van der Waals surface area contributed by atoms with E-state index >= 15 is 0 Å². The molecule has 1 amide bonds. The SMILES string of the molecule is CC1(C)OC([C@H](O)C2CC2)C(CC2CCCCC2)N1C(=O)O. The summed E-state index contributed by atoms with van der Waals surface area (Å²) < 4.78 is 6.04. The summed E-state index contributed by atoms with van der Waals surface area (Å²) in [5, 5.41) is 20.2. The van der Waals surface area contributed by atoms with Crippen LogP contribution in [0.3, 0.4) is 0 Å². The largest absolute Gasteiger partial charge is 0.465 e. The Balaban J connectivity index is 1.79. The summed E-state index contributed by atoms with van der Waals surface area (Å²) in [4.78, 5) is 13.2. The van der Waals surface area contributed by atoms with Gasteiger partial charge >= 0.3 is 6.09 Å². The molecule has 1 aliphatic heterocycles. The minimum atomic E-state index is -0.934. The number of aliphatic hydroxyl groups is 1. The van der Waals surface area contributed by atoms with Crippen molar-refractivity contribution in [3.05, 3.63) is 0 Å². The molecule has 3 rings (SSSR count). The Morgan fingerprint density at radius 3 is 2.41 bits per heavy atom. The number of rotatable bonds is 4. The van der Waals surface area contributed by atoms with Crippen molar-refractivity contribution in [2.75, 3.05) is 0 Å². The van der Waals surface area contributed by atoms with E-state index in [1.54, 1.807) is 13.8 Å². The molecule has 3 atom stereocenters. The molecule has 2 N–H and O–H groups in total. The predicted octanol–water partition coefficient (Wildman–Crippen LogP) is 3.21. The van der Waals surface area contributed by atoms with E-state index in [4.69, 9.17) is 4.74 Å². The molecule has 0 aromatic heterocycles. The lowest BCUT2D eigenvalue weighted by Gasteiger charge is -2.34. The third-order valence-corrected chi connectivity index (χ3v) is 5.66. The van der Waals surface area contributed by atoms with Gasteiger partial charge in [-0.3, -0.25) is 4.90 Å². The molecule has 1 heterocycles. The number of carbonyl (C=O) groups is 1. The van der Waals surface area contributed by atoms with E-state index in [2.05, 4.69) is 0 Å². The summed E-state index contributed by atoms with van der Waals surface area (Å²) in [6.45, 7) is 3.60. The van der Waals surface area contributed by atoms with E-state index in [0.717, 1.165) is 19.3 Å². The molecule has 0 bridgehead atoms. The number of hydrogen-bond acceptors (Lipinski definition) is 3. The number of nitrogens with zero attached hydrogens (tertiary/aromatic N) is 1. The van der Waals surface area contributed by atoms with Crippen molar-refractivity contribution in [2.24, 2.45) is 11.8 Å². The highest BCUT2D eigenvalue weighted by Gasteiger charge is 2.54. The van der Waals surface area contributed by atoms with Crippen LogP contribution in [0.2, 0.25) is 0 Å². The van der Waals surface area contributed by atoms with Gasteiger partial charge in [-0.1, -0.05) is 32.1 Å². The van der Waals surface area contributed by atoms with Gasteiger partial charge in [-0.15, -0.1) is 0 Å². The Bertz CT molecular complexity index is 415. The van der Waals surface area contributed by atoms with Gasteiger partial charge in [0.15, 0.2) is 0 Å². The van der Waals surface area contributed by atoms with Gasteiger partial charge in [0.25, 0.3) is 0 Å². The van der Waals surface area contributed by atoms with Gasteiger partial charge in [0.05, 0.1) is 12.1 Å². The van der Waals surface area contributed by atoms with Crippen molar-refractivity contribution in [3.63, 3.8) is 0 Å². The van der Waals surface area contributed by atoms with Crippen molar-refractivity contribution >= 4 is 6.09 Å². The second-order valence-corrected chi connectivity index (χ2v) is 7.82. The molecule has 5 nitrogen and oxygen atoms in total. The molecule has 2 unspecified atom stereocenters. The molecule has 0 radical (unpaired) electrons. The number of ether oxygens (including phenoxy) is 1. The Labute approximate surface area is 132 Å². The van der Waals surface area contributed by atoms with Gasteiger partial charge in [-0.25, -0.2) is 4.79 Å². The zero-order chi connectivity index (χ0) is 15.9. The number of aliphatic hydroxyl groups excluding tert-OH is 1. The Kier molecular flexibility index (Phi) is 4.38. The fourth-order valence-electron chi connectivity index (χ4n) is 4.39. The molecule has 126 valence electrons. The monoisotopic (exact) mass is 311 g/mol. The third kappa shape index (κ3) is 3.11. The topological polar surface area (TPSA) is 70.0 Å². The van der Waals surface area contributed by atoms with Crippen molar-refractivity contribution in [1.29, 1.82) is 0 Å². The maximum absolute atomic E-state index is 11.8. The molecular formula is C17H29NO4. The van der Waals surface area contributed by atoms with E-state index in [1.807, 2.05) is 0 Å². The normalized spacial score (nSPS) is 33.9. The molecule has 0 aromatic carbocycles. The lowest BCUT2D eigenvalue weighted by Crippen LogP contribution is -2.49. The van der Waals surface area contributed by atoms with Crippen LogP contribution in [0.25, 0.3) is 0 Å². The molecular weight excluding hydrogens is 282 g/mol. The van der Waals surface area contributed by atoms with Gasteiger partial charge in [-0.05, 0) is 44.9 Å². The number of amides is 1. The Hall–Kier alpha value is -0.810. The second-order valence-electron chi connectivity index (χ2n) is 7.82. The van der Waals surface area contributed by atoms with Crippen LogP contribution in [0.1, 0.15) is 65.2 Å². The molecule has 2 saturated carbocycles. The molecule has 2 aliphatic carbocycles. The van der Waals surface area contributed by atoms with Crippen molar-refractivity contribution in [3.8, 4) is 0 Å². The fourth-order valence-corrected chi connectivity index (χ4v) is 4.39. The lowest BCUT2D eigenvalue weighted by atomic mass is 9.82. The first-order valence-corrected chi connectivity index (χ1v) is 8.78. The summed E-state index contributed by atoms with van der Waals surface area (Å²) in [5.74, 6) is 0.857. The summed E-state index contributed by atoms with van der Waals surface area (Å²) in [6, 6.07) is -0.216. The molecule has 5 heteroatoms. The van der Waals surface area contributed by atoms with E-state index < -0.39 is 17.9 Å². The van der Waals surface area contributed by atoms with E-state index in [1.165, 1.54) is 37.0 Å². The highest BCUT2D eigenvalue weighted by atomic mass is 16.6. The van der Waals surface area contributed by atoms with Crippen LogP contribution in [0.5, 0.6) is 0 Å². The first kappa shape index (κ1) is 16.1. The van der Waals surface area contributed by atoms with Gasteiger partial charge < -0.3 is 14.9 Å². The lowest BCUT2D eigenvalue weighted by molar-refractivity contribution is -0.102. The summed E-state index contributed by atoms with van der Waals surface area (Å²) >= 11 is 0. The number of carboxylic acid groups (broad SMARTS) is 1. The first-order chi connectivity index (χ1) is 10.4. The van der Waals surface area contributed by atoms with Crippen molar-refractivity contribution < 1.29 is 19.7 Å². The maximum Gasteiger partial charge on any atom is 0.409 e. The minimum Gasteiger partial charge on any atom is -0.465 e. The highest BCUT2D eigenvalue weighted by Crippen LogP contribution is 2.44. The van der Waals surface area contributed by atoms with E-state index in [9.17, 15) is 15.0 Å². The van der Waals surface area contributed by atoms with Gasteiger partial charge in [0.2, 0.25) is 0 Å². The van der Waals surface area contributed by atoms with Crippen molar-refractivity contribution in [2.45, 2.75) is 89.2 Å². The average molecular weight is 311 g/mol. The highest BCUT2D eigenvalue weighted by molar-refractivity contribution is 5.67. The second kappa shape index (κ2) is 6.00. The molecule has 1 saturated heterocycles. The predicted molar refractivity (Wildman–Crippen MR) is 82.5 cm³/mol.